The van der Waals surface area contributed by atoms with E-state index in [4.69, 9.17) is 0 Å². The second kappa shape index (κ2) is 6.50. The Bertz CT molecular complexity index is 340. The third kappa shape index (κ3) is 4.20. The molecule has 88 valence electrons. The molecule has 0 aromatic carbocycles. The van der Waals surface area contributed by atoms with Gasteiger partial charge in [-0.2, -0.15) is 0 Å². The maximum Gasteiger partial charge on any atom is 0.123 e. The third-order valence-electron chi connectivity index (χ3n) is 3.44. The van der Waals surface area contributed by atoms with Crippen LogP contribution in [0.5, 0.6) is 0 Å². The maximum absolute atomic E-state index is 10.7. The zero-order valence-electron chi connectivity index (χ0n) is 10.7. The predicted molar refractivity (Wildman–Crippen MR) is 69.0 cm³/mol. The van der Waals surface area contributed by atoms with Crippen molar-refractivity contribution >= 4 is 5.94 Å². The highest BCUT2D eigenvalue weighted by Gasteiger charge is 2.11. The van der Waals surface area contributed by atoms with Gasteiger partial charge in [-0.05, 0) is 58.8 Å². The minimum atomic E-state index is 0.383. The van der Waals surface area contributed by atoms with E-state index in [1.54, 1.807) is 0 Å². The molecule has 1 aliphatic carbocycles. The number of hydrogen-bond donors (Lipinski definition) is 0. The van der Waals surface area contributed by atoms with Gasteiger partial charge in [0, 0.05) is 5.57 Å². The molecule has 16 heavy (non-hydrogen) atoms. The van der Waals surface area contributed by atoms with Crippen LogP contribution in [0.25, 0.3) is 0 Å². The molecule has 0 fully saturated rings. The normalized spacial score (nSPS) is 29.3. The third-order valence-corrected chi connectivity index (χ3v) is 3.44. The van der Waals surface area contributed by atoms with Crippen LogP contribution < -0.4 is 0 Å². The topological polar surface area (TPSA) is 17.1 Å². The van der Waals surface area contributed by atoms with Gasteiger partial charge in [0.05, 0.1) is 0 Å². The Balaban J connectivity index is 2.79. The van der Waals surface area contributed by atoms with Gasteiger partial charge in [-0.1, -0.05) is 23.3 Å². The van der Waals surface area contributed by atoms with Crippen molar-refractivity contribution in [2.45, 2.75) is 52.9 Å². The first-order chi connectivity index (χ1) is 7.63. The molecule has 0 saturated carbocycles. The standard InChI is InChI=1S/C15H22O/c1-12-5-4-6-13(2)8-10-15(9-7-12)14(3)11-16/h5,8,15H,4,6-7,9-10H2,1-3H3/b12-5-,13-8-/t15-/m1/s1. The van der Waals surface area contributed by atoms with Crippen molar-refractivity contribution in [1.29, 1.82) is 0 Å². The lowest BCUT2D eigenvalue weighted by atomic mass is 9.89. The van der Waals surface area contributed by atoms with Crippen LogP contribution in [0.3, 0.4) is 0 Å². The highest BCUT2D eigenvalue weighted by atomic mass is 16.1. The highest BCUT2D eigenvalue weighted by molar-refractivity contribution is 5.52. The Morgan fingerprint density at radius 2 is 1.94 bits per heavy atom. The molecule has 0 amide bonds. The Labute approximate surface area is 98.9 Å². The summed E-state index contributed by atoms with van der Waals surface area (Å²) in [6, 6.07) is 0. The maximum atomic E-state index is 10.7. The lowest BCUT2D eigenvalue weighted by Gasteiger charge is -2.15. The Morgan fingerprint density at radius 3 is 2.62 bits per heavy atom. The SMILES string of the molecule is CC(=C=O)[C@H]1C/C=C(/C)CC/C=C(/C)CC1. The molecule has 1 heteroatoms. The summed E-state index contributed by atoms with van der Waals surface area (Å²) in [6.07, 6.45) is 10.1. The lowest BCUT2D eigenvalue weighted by molar-refractivity contribution is 0.539. The van der Waals surface area contributed by atoms with Crippen molar-refractivity contribution in [1.82, 2.24) is 0 Å². The second-order valence-electron chi connectivity index (χ2n) is 4.90. The van der Waals surface area contributed by atoms with Gasteiger partial charge >= 0.3 is 0 Å². The van der Waals surface area contributed by atoms with Gasteiger partial charge < -0.3 is 0 Å². The van der Waals surface area contributed by atoms with E-state index >= 15 is 0 Å². The van der Waals surface area contributed by atoms with Crippen molar-refractivity contribution in [3.8, 4) is 0 Å². The fourth-order valence-electron chi connectivity index (χ4n) is 2.09. The molecule has 0 unspecified atom stereocenters. The molecule has 0 bridgehead atoms. The van der Waals surface area contributed by atoms with Crippen molar-refractivity contribution in [3.63, 3.8) is 0 Å². The molecule has 0 aromatic rings. The second-order valence-corrected chi connectivity index (χ2v) is 4.90. The summed E-state index contributed by atoms with van der Waals surface area (Å²) in [7, 11) is 0. The van der Waals surface area contributed by atoms with Gasteiger partial charge in [0.25, 0.3) is 0 Å². The van der Waals surface area contributed by atoms with Gasteiger partial charge in [-0.3, -0.25) is 0 Å². The smallest absolute Gasteiger partial charge is 0.123 e. The van der Waals surface area contributed by atoms with Crippen LogP contribution in [0.1, 0.15) is 52.9 Å². The zero-order valence-corrected chi connectivity index (χ0v) is 10.7. The molecule has 0 heterocycles. The first kappa shape index (κ1) is 13.0. The van der Waals surface area contributed by atoms with Gasteiger partial charge in [0.2, 0.25) is 0 Å². The largest absolute Gasteiger partial charge is 0.234 e. The molecule has 1 aliphatic rings. The fraction of sp³-hybridized carbons (Fsp3) is 0.600. The van der Waals surface area contributed by atoms with Crippen molar-refractivity contribution < 1.29 is 4.79 Å². The molecule has 0 aliphatic heterocycles. The average molecular weight is 218 g/mol. The quantitative estimate of drug-likeness (QED) is 0.475. The van der Waals surface area contributed by atoms with Crippen LogP contribution in [0.4, 0.5) is 0 Å². The fourth-order valence-corrected chi connectivity index (χ4v) is 2.09. The first-order valence-corrected chi connectivity index (χ1v) is 6.16. The monoisotopic (exact) mass is 218 g/mol. The number of carbonyl (C=O) groups excluding carboxylic acids is 1. The van der Waals surface area contributed by atoms with Gasteiger partial charge in [0.15, 0.2) is 0 Å². The summed E-state index contributed by atoms with van der Waals surface area (Å²) in [4.78, 5) is 10.7. The molecule has 0 radical (unpaired) electrons. The molecule has 1 nitrogen and oxygen atoms in total. The molecular weight excluding hydrogens is 196 g/mol. The average Bonchev–Trinajstić information content (AvgIpc) is 2.28. The zero-order chi connectivity index (χ0) is 12.0. The van der Waals surface area contributed by atoms with Gasteiger partial charge in [-0.25, -0.2) is 4.79 Å². The van der Waals surface area contributed by atoms with E-state index in [0.29, 0.717) is 5.92 Å². The highest BCUT2D eigenvalue weighted by Crippen LogP contribution is 2.24. The van der Waals surface area contributed by atoms with Crippen molar-refractivity contribution in [3.05, 3.63) is 28.9 Å². The van der Waals surface area contributed by atoms with E-state index < -0.39 is 0 Å². The van der Waals surface area contributed by atoms with Crippen molar-refractivity contribution in [2.75, 3.05) is 0 Å². The summed E-state index contributed by atoms with van der Waals surface area (Å²) in [5, 5.41) is 0. The van der Waals surface area contributed by atoms with Crippen LogP contribution in [0, 0.1) is 5.92 Å². The number of rotatable bonds is 1. The number of hydrogen-bond acceptors (Lipinski definition) is 1. The van der Waals surface area contributed by atoms with E-state index in [1.165, 1.54) is 11.1 Å². The van der Waals surface area contributed by atoms with E-state index in [9.17, 15) is 4.79 Å². The van der Waals surface area contributed by atoms with Crippen LogP contribution >= 0.6 is 0 Å². The van der Waals surface area contributed by atoms with Crippen LogP contribution in [0.2, 0.25) is 0 Å². The van der Waals surface area contributed by atoms with E-state index in [1.807, 2.05) is 6.92 Å². The van der Waals surface area contributed by atoms with Crippen molar-refractivity contribution in [2.24, 2.45) is 5.92 Å². The summed E-state index contributed by atoms with van der Waals surface area (Å²) in [6.45, 7) is 6.28. The summed E-state index contributed by atoms with van der Waals surface area (Å²) in [5.74, 6) is 2.45. The molecule has 1 atom stereocenters. The minimum absolute atomic E-state index is 0.383. The minimum Gasteiger partial charge on any atom is -0.234 e. The lowest BCUT2D eigenvalue weighted by Crippen LogP contribution is -2.03. The number of allylic oxidation sites excluding steroid dienone is 5. The molecule has 0 spiro atoms. The van der Waals surface area contributed by atoms with E-state index in [2.05, 4.69) is 31.9 Å². The Hall–Kier alpha value is -1.07. The summed E-state index contributed by atoms with van der Waals surface area (Å²) >= 11 is 0. The Morgan fingerprint density at radius 1 is 1.25 bits per heavy atom. The summed E-state index contributed by atoms with van der Waals surface area (Å²) in [5.41, 5.74) is 3.77. The predicted octanol–water partition coefficient (Wildman–Crippen LogP) is 4.24. The molecular formula is C15H22O. The molecule has 1 rings (SSSR count). The van der Waals surface area contributed by atoms with Gasteiger partial charge in [0.1, 0.15) is 5.94 Å². The van der Waals surface area contributed by atoms with Crippen LogP contribution in [-0.4, -0.2) is 5.94 Å². The van der Waals surface area contributed by atoms with E-state index in [0.717, 1.165) is 37.7 Å². The molecule has 0 aromatic heterocycles. The van der Waals surface area contributed by atoms with E-state index in [-0.39, 0.29) is 0 Å². The van der Waals surface area contributed by atoms with Gasteiger partial charge in [-0.15, -0.1) is 0 Å². The van der Waals surface area contributed by atoms with Crippen LogP contribution in [-0.2, 0) is 4.79 Å². The van der Waals surface area contributed by atoms with Crippen LogP contribution in [0.15, 0.2) is 28.9 Å². The summed E-state index contributed by atoms with van der Waals surface area (Å²) < 4.78 is 0. The molecule has 0 saturated heterocycles. The Kier molecular flexibility index (Phi) is 5.28. The first-order valence-electron chi connectivity index (χ1n) is 6.16. The molecule has 0 N–H and O–H groups in total.